The molecule has 0 spiro atoms. The average Bonchev–Trinajstić information content (AvgIpc) is 2.92. The maximum Gasteiger partial charge on any atom is 0.273 e. The largest absolute Gasteiger partial charge is 0.273 e. The van der Waals surface area contributed by atoms with Crippen LogP contribution >= 0.6 is 0 Å². The second-order valence-electron chi connectivity index (χ2n) is 5.80. The third-order valence-electron chi connectivity index (χ3n) is 3.97. The summed E-state index contributed by atoms with van der Waals surface area (Å²) in [5, 5.41) is 4.17. The van der Waals surface area contributed by atoms with Crippen LogP contribution in [0.4, 0.5) is 0 Å². The predicted molar refractivity (Wildman–Crippen MR) is 91.8 cm³/mol. The van der Waals surface area contributed by atoms with Gasteiger partial charge in [-0.3, -0.25) is 4.79 Å². The summed E-state index contributed by atoms with van der Waals surface area (Å²) >= 11 is 0. The van der Waals surface area contributed by atoms with E-state index in [4.69, 9.17) is 0 Å². The minimum absolute atomic E-state index is 0.0817. The number of benzene rings is 1. The molecule has 3 nitrogen and oxygen atoms in total. The van der Waals surface area contributed by atoms with E-state index in [1.54, 1.807) is 0 Å². The number of nitrogens with zero attached hydrogens (tertiary/aromatic N) is 1. The molecule has 0 saturated heterocycles. The van der Waals surface area contributed by atoms with Gasteiger partial charge in [0, 0.05) is 5.56 Å². The number of rotatable bonds is 9. The van der Waals surface area contributed by atoms with Crippen LogP contribution in [0.15, 0.2) is 47.1 Å². The zero-order chi connectivity index (χ0) is 15.6. The zero-order valence-corrected chi connectivity index (χ0v) is 13.5. The Kier molecular flexibility index (Phi) is 6.88. The predicted octanol–water partition coefficient (Wildman–Crippen LogP) is 4.59. The van der Waals surface area contributed by atoms with Crippen molar-refractivity contribution in [3.8, 4) is 0 Å². The molecular formula is C19H26N2O. The van der Waals surface area contributed by atoms with Crippen molar-refractivity contribution in [2.24, 2.45) is 5.10 Å². The van der Waals surface area contributed by atoms with Gasteiger partial charge in [0.1, 0.15) is 5.71 Å². The number of amides is 1. The van der Waals surface area contributed by atoms with Gasteiger partial charge in [-0.25, -0.2) is 5.43 Å². The van der Waals surface area contributed by atoms with E-state index in [1.165, 1.54) is 38.5 Å². The molecule has 2 rings (SSSR count). The summed E-state index contributed by atoms with van der Waals surface area (Å²) in [6.07, 6.45) is 12.0. The van der Waals surface area contributed by atoms with E-state index < -0.39 is 0 Å². The lowest BCUT2D eigenvalue weighted by Gasteiger charge is -2.02. The van der Waals surface area contributed by atoms with Crippen LogP contribution < -0.4 is 5.43 Å². The second kappa shape index (κ2) is 9.19. The first-order chi connectivity index (χ1) is 10.8. The molecule has 1 N–H and O–H groups in total. The molecule has 118 valence electrons. The number of unbranched alkanes of at least 4 members (excludes halogenated alkanes) is 7. The third kappa shape index (κ3) is 4.83. The summed E-state index contributed by atoms with van der Waals surface area (Å²) < 4.78 is 0. The van der Waals surface area contributed by atoms with E-state index in [-0.39, 0.29) is 5.91 Å². The van der Waals surface area contributed by atoms with Crippen LogP contribution in [0.3, 0.4) is 0 Å². The monoisotopic (exact) mass is 298 g/mol. The zero-order valence-electron chi connectivity index (χ0n) is 13.5. The van der Waals surface area contributed by atoms with Crippen molar-refractivity contribution in [2.45, 2.75) is 58.3 Å². The number of hydrazone groups is 1. The van der Waals surface area contributed by atoms with Crippen LogP contribution in [0.25, 0.3) is 0 Å². The van der Waals surface area contributed by atoms with Crippen molar-refractivity contribution in [1.29, 1.82) is 0 Å². The standard InChI is InChI=1S/C19H26N2O/c1-2-3-4-5-6-7-8-12-15-17-18(20-21-19(17)22)16-13-10-9-11-14-16/h9-11,13-15H,2-8,12H2,1H3,(H,21,22)/b17-15+. The fraction of sp³-hybridized carbons (Fsp3) is 0.474. The minimum Gasteiger partial charge on any atom is -0.267 e. The number of hydrogen-bond acceptors (Lipinski definition) is 2. The second-order valence-corrected chi connectivity index (χ2v) is 5.80. The van der Waals surface area contributed by atoms with Gasteiger partial charge in [-0.1, -0.05) is 81.9 Å². The highest BCUT2D eigenvalue weighted by Gasteiger charge is 2.22. The Hall–Kier alpha value is -1.90. The van der Waals surface area contributed by atoms with E-state index in [2.05, 4.69) is 17.5 Å². The summed E-state index contributed by atoms with van der Waals surface area (Å²) in [4.78, 5) is 11.9. The van der Waals surface area contributed by atoms with Gasteiger partial charge < -0.3 is 0 Å². The van der Waals surface area contributed by atoms with Gasteiger partial charge in [0.25, 0.3) is 5.91 Å². The number of hydrogen-bond donors (Lipinski definition) is 1. The highest BCUT2D eigenvalue weighted by Crippen LogP contribution is 2.16. The lowest BCUT2D eigenvalue weighted by atomic mass is 10.0. The Morgan fingerprint density at radius 3 is 2.41 bits per heavy atom. The first-order valence-electron chi connectivity index (χ1n) is 8.47. The first-order valence-corrected chi connectivity index (χ1v) is 8.47. The first kappa shape index (κ1) is 16.5. The van der Waals surface area contributed by atoms with Crippen LogP contribution in [-0.4, -0.2) is 11.6 Å². The normalized spacial score (nSPS) is 16.0. The molecule has 1 aromatic carbocycles. The molecule has 1 amide bonds. The summed E-state index contributed by atoms with van der Waals surface area (Å²) in [5.74, 6) is -0.0817. The van der Waals surface area contributed by atoms with Gasteiger partial charge in [-0.15, -0.1) is 0 Å². The maximum absolute atomic E-state index is 11.9. The molecule has 22 heavy (non-hydrogen) atoms. The molecule has 1 aliphatic rings. The van der Waals surface area contributed by atoms with Crippen LogP contribution in [0, 0.1) is 0 Å². The smallest absolute Gasteiger partial charge is 0.267 e. The van der Waals surface area contributed by atoms with Crippen molar-refractivity contribution in [1.82, 2.24) is 5.43 Å². The molecule has 0 radical (unpaired) electrons. The average molecular weight is 298 g/mol. The summed E-state index contributed by atoms with van der Waals surface area (Å²) in [6.45, 7) is 2.24. The van der Waals surface area contributed by atoms with E-state index in [9.17, 15) is 4.79 Å². The molecule has 0 aliphatic carbocycles. The minimum atomic E-state index is -0.0817. The molecule has 0 unspecified atom stereocenters. The third-order valence-corrected chi connectivity index (χ3v) is 3.97. The van der Waals surface area contributed by atoms with Gasteiger partial charge in [0.2, 0.25) is 0 Å². The highest BCUT2D eigenvalue weighted by atomic mass is 16.2. The Morgan fingerprint density at radius 2 is 1.68 bits per heavy atom. The van der Waals surface area contributed by atoms with Gasteiger partial charge >= 0.3 is 0 Å². The molecule has 1 aliphatic heterocycles. The van der Waals surface area contributed by atoms with Crippen molar-refractivity contribution in [2.75, 3.05) is 0 Å². The molecule has 3 heteroatoms. The molecule has 0 aromatic heterocycles. The van der Waals surface area contributed by atoms with E-state index >= 15 is 0 Å². The highest BCUT2D eigenvalue weighted by molar-refractivity contribution is 6.30. The quantitative estimate of drug-likeness (QED) is 0.526. The van der Waals surface area contributed by atoms with Gasteiger partial charge in [0.15, 0.2) is 0 Å². The molecule has 1 aromatic rings. The molecule has 0 atom stereocenters. The van der Waals surface area contributed by atoms with Crippen LogP contribution in [0.2, 0.25) is 0 Å². The lowest BCUT2D eigenvalue weighted by molar-refractivity contribution is -0.116. The molecular weight excluding hydrogens is 272 g/mol. The van der Waals surface area contributed by atoms with Gasteiger partial charge in [-0.05, 0) is 12.8 Å². The van der Waals surface area contributed by atoms with Crippen LogP contribution in [0.1, 0.15) is 63.9 Å². The number of carbonyl (C=O) groups is 1. The molecule has 1 heterocycles. The van der Waals surface area contributed by atoms with Crippen molar-refractivity contribution < 1.29 is 4.79 Å². The topological polar surface area (TPSA) is 41.5 Å². The number of allylic oxidation sites excluding steroid dienone is 1. The lowest BCUT2D eigenvalue weighted by Crippen LogP contribution is -2.13. The van der Waals surface area contributed by atoms with E-state index in [0.717, 1.165) is 29.7 Å². The van der Waals surface area contributed by atoms with E-state index in [0.29, 0.717) is 0 Å². The van der Waals surface area contributed by atoms with Crippen molar-refractivity contribution in [3.63, 3.8) is 0 Å². The fourth-order valence-corrected chi connectivity index (χ4v) is 2.69. The van der Waals surface area contributed by atoms with Crippen molar-refractivity contribution >= 4 is 11.6 Å². The van der Waals surface area contributed by atoms with E-state index in [1.807, 2.05) is 36.4 Å². The molecule has 0 fully saturated rings. The van der Waals surface area contributed by atoms with Crippen LogP contribution in [0.5, 0.6) is 0 Å². The van der Waals surface area contributed by atoms with Crippen molar-refractivity contribution in [3.05, 3.63) is 47.5 Å². The Balaban J connectivity index is 1.80. The fourth-order valence-electron chi connectivity index (χ4n) is 2.69. The van der Waals surface area contributed by atoms with Crippen LogP contribution in [-0.2, 0) is 4.79 Å². The Labute approximate surface area is 133 Å². The summed E-state index contributed by atoms with van der Waals surface area (Å²) in [7, 11) is 0. The summed E-state index contributed by atoms with van der Waals surface area (Å²) in [6, 6.07) is 9.88. The number of carbonyl (C=O) groups excluding carboxylic acids is 1. The number of nitrogens with one attached hydrogen (secondary N) is 1. The molecule has 0 saturated carbocycles. The Bertz CT molecular complexity index is 532. The van der Waals surface area contributed by atoms with Gasteiger partial charge in [0.05, 0.1) is 5.57 Å². The maximum atomic E-state index is 11.9. The molecule has 0 bridgehead atoms. The summed E-state index contributed by atoms with van der Waals surface area (Å²) in [5.41, 5.74) is 5.06. The Morgan fingerprint density at radius 1 is 1.00 bits per heavy atom. The van der Waals surface area contributed by atoms with Gasteiger partial charge in [-0.2, -0.15) is 5.10 Å². The SMILES string of the molecule is CCCCCCCCC/C=C1/C(=O)NN=C1c1ccccc1.